The van der Waals surface area contributed by atoms with Gasteiger partial charge in [0.25, 0.3) is 0 Å². The van der Waals surface area contributed by atoms with Crippen LogP contribution in [0.15, 0.2) is 6.20 Å². The molecule has 1 fully saturated rings. The second-order valence-electron chi connectivity index (χ2n) is 5.81. The Morgan fingerprint density at radius 3 is 2.65 bits per heavy atom. The van der Waals surface area contributed by atoms with Crippen LogP contribution >= 0.6 is 0 Å². The molecule has 0 bridgehead atoms. The van der Waals surface area contributed by atoms with Crippen molar-refractivity contribution >= 4 is 11.8 Å². The molecule has 1 aromatic rings. The molecule has 2 rings (SSSR count). The minimum atomic E-state index is 0.700. The van der Waals surface area contributed by atoms with E-state index in [-0.39, 0.29) is 0 Å². The van der Waals surface area contributed by atoms with Gasteiger partial charge in [-0.05, 0) is 40.3 Å². The minimum absolute atomic E-state index is 0.700. The highest BCUT2D eigenvalue weighted by molar-refractivity contribution is 5.49. The van der Waals surface area contributed by atoms with E-state index in [1.807, 2.05) is 6.20 Å². The van der Waals surface area contributed by atoms with Crippen LogP contribution in [0.2, 0.25) is 0 Å². The molecule has 1 saturated heterocycles. The summed E-state index contributed by atoms with van der Waals surface area (Å²) in [7, 11) is 4.34. The van der Waals surface area contributed by atoms with Gasteiger partial charge in [-0.3, -0.25) is 0 Å². The van der Waals surface area contributed by atoms with Crippen LogP contribution in [-0.4, -0.2) is 54.6 Å². The van der Waals surface area contributed by atoms with Gasteiger partial charge in [-0.25, -0.2) is 4.98 Å². The largest absolute Gasteiger partial charge is 0.356 e. The number of anilines is 2. The molecule has 0 unspecified atom stereocenters. The molecular weight excluding hydrogens is 250 g/mol. The van der Waals surface area contributed by atoms with Crippen molar-refractivity contribution in [3.63, 3.8) is 0 Å². The van der Waals surface area contributed by atoms with Gasteiger partial charge < -0.3 is 15.1 Å². The van der Waals surface area contributed by atoms with Gasteiger partial charge in [0, 0.05) is 37.4 Å². The Balaban J connectivity index is 2.05. The fraction of sp³-hybridized carbons (Fsp3) is 0.733. The molecule has 20 heavy (non-hydrogen) atoms. The lowest BCUT2D eigenvalue weighted by Gasteiger charge is -2.36. The molecule has 5 nitrogen and oxygen atoms in total. The maximum absolute atomic E-state index is 4.69. The number of hydrogen-bond acceptors (Lipinski definition) is 5. The zero-order chi connectivity index (χ0) is 14.5. The van der Waals surface area contributed by atoms with Crippen LogP contribution in [-0.2, 0) is 0 Å². The van der Waals surface area contributed by atoms with Crippen molar-refractivity contribution in [3.05, 3.63) is 11.8 Å². The van der Waals surface area contributed by atoms with Crippen molar-refractivity contribution in [2.24, 2.45) is 0 Å². The van der Waals surface area contributed by atoms with Crippen LogP contribution < -0.4 is 10.2 Å². The maximum Gasteiger partial charge on any atom is 0.224 e. The van der Waals surface area contributed by atoms with Crippen molar-refractivity contribution in [3.8, 4) is 0 Å². The summed E-state index contributed by atoms with van der Waals surface area (Å²) < 4.78 is 0. The van der Waals surface area contributed by atoms with Gasteiger partial charge in [-0.15, -0.1) is 0 Å². The van der Waals surface area contributed by atoms with E-state index in [1.54, 1.807) is 0 Å². The number of nitrogens with one attached hydrogen (secondary N) is 1. The number of nitrogens with zero attached hydrogens (tertiary/aromatic N) is 4. The lowest BCUT2D eigenvalue weighted by atomic mass is 10.0. The van der Waals surface area contributed by atoms with E-state index in [9.17, 15) is 0 Å². The van der Waals surface area contributed by atoms with Gasteiger partial charge >= 0.3 is 0 Å². The third kappa shape index (κ3) is 3.60. The van der Waals surface area contributed by atoms with Crippen molar-refractivity contribution in [2.75, 3.05) is 43.9 Å². The third-order valence-corrected chi connectivity index (χ3v) is 3.97. The normalized spacial score (nSPS) is 16.8. The molecule has 0 aliphatic carbocycles. The summed E-state index contributed by atoms with van der Waals surface area (Å²) in [5.41, 5.74) is 1.16. The second-order valence-corrected chi connectivity index (χ2v) is 5.81. The smallest absolute Gasteiger partial charge is 0.224 e. The first-order valence-electron chi connectivity index (χ1n) is 7.60. The quantitative estimate of drug-likeness (QED) is 0.893. The first-order chi connectivity index (χ1) is 9.61. The van der Waals surface area contributed by atoms with Crippen LogP contribution in [0.1, 0.15) is 31.7 Å². The summed E-state index contributed by atoms with van der Waals surface area (Å²) in [4.78, 5) is 13.8. The van der Waals surface area contributed by atoms with Gasteiger partial charge in [0.1, 0.15) is 5.82 Å². The van der Waals surface area contributed by atoms with Crippen LogP contribution in [0.5, 0.6) is 0 Å². The van der Waals surface area contributed by atoms with Gasteiger partial charge in [0.15, 0.2) is 0 Å². The van der Waals surface area contributed by atoms with E-state index in [1.165, 1.54) is 12.8 Å². The lowest BCUT2D eigenvalue weighted by Crippen LogP contribution is -2.42. The van der Waals surface area contributed by atoms with Gasteiger partial charge in [0.05, 0.1) is 0 Å². The molecule has 5 heteroatoms. The molecule has 112 valence electrons. The Morgan fingerprint density at radius 2 is 2.05 bits per heavy atom. The molecule has 2 heterocycles. The summed E-state index contributed by atoms with van der Waals surface area (Å²) in [5, 5.41) is 3.27. The molecule has 0 radical (unpaired) electrons. The molecule has 1 aliphatic rings. The van der Waals surface area contributed by atoms with Crippen molar-refractivity contribution in [1.82, 2.24) is 14.9 Å². The number of piperidine rings is 1. The highest BCUT2D eigenvalue weighted by Crippen LogP contribution is 2.23. The minimum Gasteiger partial charge on any atom is -0.356 e. The van der Waals surface area contributed by atoms with Gasteiger partial charge in [0.2, 0.25) is 5.95 Å². The average Bonchev–Trinajstić information content (AvgIpc) is 2.46. The molecule has 0 spiro atoms. The topological polar surface area (TPSA) is 44.3 Å². The van der Waals surface area contributed by atoms with E-state index in [2.05, 4.69) is 48.0 Å². The van der Waals surface area contributed by atoms with E-state index >= 15 is 0 Å². The molecular formula is C15H27N5. The van der Waals surface area contributed by atoms with E-state index < -0.39 is 0 Å². The SMILES string of the molecule is CCCNc1ncc(C)c(N2CCC(N(C)C)CC2)n1. The van der Waals surface area contributed by atoms with Crippen molar-refractivity contribution in [2.45, 2.75) is 39.2 Å². The van der Waals surface area contributed by atoms with Crippen molar-refractivity contribution < 1.29 is 0 Å². The van der Waals surface area contributed by atoms with Crippen LogP contribution in [0, 0.1) is 6.92 Å². The average molecular weight is 277 g/mol. The van der Waals surface area contributed by atoms with Crippen molar-refractivity contribution in [1.29, 1.82) is 0 Å². The van der Waals surface area contributed by atoms with Crippen LogP contribution in [0.4, 0.5) is 11.8 Å². The zero-order valence-corrected chi connectivity index (χ0v) is 13.2. The third-order valence-electron chi connectivity index (χ3n) is 3.97. The number of rotatable bonds is 5. The summed E-state index contributed by atoms with van der Waals surface area (Å²) in [6.45, 7) is 7.32. The Labute approximate surface area is 122 Å². The summed E-state index contributed by atoms with van der Waals surface area (Å²) in [6, 6.07) is 0.700. The fourth-order valence-electron chi connectivity index (χ4n) is 2.67. The molecule has 0 aromatic carbocycles. The number of aromatic nitrogens is 2. The molecule has 0 saturated carbocycles. The van der Waals surface area contributed by atoms with Gasteiger partial charge in [-0.2, -0.15) is 4.98 Å². The Hall–Kier alpha value is -1.36. The first kappa shape index (κ1) is 15.0. The molecule has 0 atom stereocenters. The first-order valence-corrected chi connectivity index (χ1v) is 7.60. The molecule has 0 amide bonds. The summed E-state index contributed by atoms with van der Waals surface area (Å²) >= 11 is 0. The number of aryl methyl sites for hydroxylation is 1. The predicted molar refractivity (Wildman–Crippen MR) is 84.5 cm³/mol. The Kier molecular flexibility index (Phi) is 5.17. The maximum atomic E-state index is 4.69. The Bertz CT molecular complexity index is 424. The molecule has 1 N–H and O–H groups in total. The fourth-order valence-corrected chi connectivity index (χ4v) is 2.67. The van der Waals surface area contributed by atoms with Crippen LogP contribution in [0.3, 0.4) is 0 Å². The van der Waals surface area contributed by atoms with Gasteiger partial charge in [-0.1, -0.05) is 6.92 Å². The lowest BCUT2D eigenvalue weighted by molar-refractivity contribution is 0.249. The zero-order valence-electron chi connectivity index (χ0n) is 13.2. The predicted octanol–water partition coefficient (Wildman–Crippen LogP) is 2.14. The number of hydrogen-bond donors (Lipinski definition) is 1. The van der Waals surface area contributed by atoms with Crippen LogP contribution in [0.25, 0.3) is 0 Å². The second kappa shape index (κ2) is 6.88. The van der Waals surface area contributed by atoms with E-state index in [4.69, 9.17) is 4.98 Å². The van der Waals surface area contributed by atoms with E-state index in [0.29, 0.717) is 6.04 Å². The summed E-state index contributed by atoms with van der Waals surface area (Å²) in [5.74, 6) is 1.85. The Morgan fingerprint density at radius 1 is 1.35 bits per heavy atom. The molecule has 1 aromatic heterocycles. The highest BCUT2D eigenvalue weighted by atomic mass is 15.2. The highest BCUT2D eigenvalue weighted by Gasteiger charge is 2.22. The van der Waals surface area contributed by atoms with E-state index in [0.717, 1.165) is 43.4 Å². The molecule has 1 aliphatic heterocycles. The monoisotopic (exact) mass is 277 g/mol. The standard InChI is InChI=1S/C15H27N5/c1-5-8-16-15-17-11-12(2)14(18-15)20-9-6-13(7-10-20)19(3)4/h11,13H,5-10H2,1-4H3,(H,16,17,18). The summed E-state index contributed by atoms with van der Waals surface area (Å²) in [6.07, 6.45) is 5.42.